The van der Waals surface area contributed by atoms with Gasteiger partial charge in [0.25, 0.3) is 5.91 Å². The second kappa shape index (κ2) is 6.56. The van der Waals surface area contributed by atoms with E-state index in [1.165, 1.54) is 18.4 Å². The van der Waals surface area contributed by atoms with E-state index in [0.717, 1.165) is 32.5 Å². The maximum Gasteiger partial charge on any atom is 0.253 e. The van der Waals surface area contributed by atoms with Crippen LogP contribution in [0.4, 0.5) is 0 Å². The van der Waals surface area contributed by atoms with E-state index >= 15 is 0 Å². The Morgan fingerprint density at radius 3 is 2.55 bits per heavy atom. The maximum absolute atomic E-state index is 12.5. The van der Waals surface area contributed by atoms with Crippen molar-refractivity contribution in [3.8, 4) is 0 Å². The zero-order valence-electron chi connectivity index (χ0n) is 12.5. The van der Waals surface area contributed by atoms with Crippen LogP contribution in [0.3, 0.4) is 0 Å². The normalized spacial score (nSPS) is 24.5. The molecule has 2 saturated heterocycles. The number of fused-ring (bicyclic) bond motifs is 1. The second-order valence-electron chi connectivity index (χ2n) is 5.95. The zero-order chi connectivity index (χ0) is 15.0. The first-order valence-corrected chi connectivity index (χ1v) is 9.17. The number of piperidine rings is 1. The Bertz CT molecular complexity index is 645. The summed E-state index contributed by atoms with van der Waals surface area (Å²) in [7, 11) is -3.22. The molecule has 0 saturated carbocycles. The van der Waals surface area contributed by atoms with Crippen LogP contribution in [0.2, 0.25) is 0 Å². The number of likely N-dealkylation sites (tertiary alicyclic amines) is 1. The van der Waals surface area contributed by atoms with Crippen LogP contribution in [0.25, 0.3) is 0 Å². The molecule has 2 aliphatic heterocycles. The monoisotopic (exact) mass is 344 g/mol. The molecule has 2 fully saturated rings. The molecular weight excluding hydrogens is 324 g/mol. The molecule has 2 heterocycles. The Kier molecular flexibility index (Phi) is 5.14. The number of rotatable bonds is 2. The van der Waals surface area contributed by atoms with Gasteiger partial charge in [0.15, 0.2) is 9.84 Å². The number of carbonyl (C=O) groups excluding carboxylic acids is 1. The van der Waals surface area contributed by atoms with E-state index in [-0.39, 0.29) is 23.2 Å². The molecule has 0 spiro atoms. The van der Waals surface area contributed by atoms with Gasteiger partial charge in [-0.3, -0.25) is 4.79 Å². The topological polar surface area (TPSA) is 66.5 Å². The maximum atomic E-state index is 12.5. The summed E-state index contributed by atoms with van der Waals surface area (Å²) >= 11 is 0. The smallest absolute Gasteiger partial charge is 0.253 e. The molecule has 1 aromatic carbocycles. The minimum Gasteiger partial charge on any atom is -0.338 e. The summed E-state index contributed by atoms with van der Waals surface area (Å²) in [5.74, 6) is 0.554. The van der Waals surface area contributed by atoms with Crippen molar-refractivity contribution in [3.05, 3.63) is 29.8 Å². The Labute approximate surface area is 137 Å². The van der Waals surface area contributed by atoms with Crippen LogP contribution in [-0.2, 0) is 9.84 Å². The van der Waals surface area contributed by atoms with Crippen molar-refractivity contribution >= 4 is 28.2 Å². The fraction of sp³-hybridized carbons (Fsp3) is 0.533. The van der Waals surface area contributed by atoms with Crippen molar-refractivity contribution in [2.24, 2.45) is 5.92 Å². The van der Waals surface area contributed by atoms with E-state index in [0.29, 0.717) is 17.5 Å². The quantitative estimate of drug-likeness (QED) is 0.879. The number of carbonyl (C=O) groups is 1. The molecule has 1 aromatic rings. The van der Waals surface area contributed by atoms with Gasteiger partial charge in [-0.1, -0.05) is 0 Å². The van der Waals surface area contributed by atoms with E-state index in [1.54, 1.807) is 12.1 Å². The minimum atomic E-state index is -3.22. The molecule has 5 nitrogen and oxygen atoms in total. The van der Waals surface area contributed by atoms with E-state index in [2.05, 4.69) is 5.32 Å². The predicted molar refractivity (Wildman–Crippen MR) is 87.2 cm³/mol. The van der Waals surface area contributed by atoms with Gasteiger partial charge in [0, 0.05) is 31.0 Å². The summed E-state index contributed by atoms with van der Waals surface area (Å²) in [6.45, 7) is 2.60. The molecule has 0 bridgehead atoms. The molecule has 22 heavy (non-hydrogen) atoms. The molecule has 2 aliphatic rings. The molecule has 122 valence electrons. The average Bonchev–Trinajstić information content (AvgIpc) is 2.93. The molecule has 1 N–H and O–H groups in total. The van der Waals surface area contributed by atoms with Crippen molar-refractivity contribution < 1.29 is 13.2 Å². The highest BCUT2D eigenvalue weighted by Gasteiger charge is 2.34. The van der Waals surface area contributed by atoms with Crippen molar-refractivity contribution in [3.63, 3.8) is 0 Å². The largest absolute Gasteiger partial charge is 0.338 e. The van der Waals surface area contributed by atoms with Gasteiger partial charge < -0.3 is 10.2 Å². The van der Waals surface area contributed by atoms with E-state index < -0.39 is 9.84 Å². The highest BCUT2D eigenvalue weighted by Crippen LogP contribution is 2.25. The average molecular weight is 345 g/mol. The molecule has 3 rings (SSSR count). The molecule has 0 aromatic heterocycles. The van der Waals surface area contributed by atoms with Gasteiger partial charge in [0.2, 0.25) is 0 Å². The minimum absolute atomic E-state index is 0. The lowest BCUT2D eigenvalue weighted by molar-refractivity contribution is 0.0662. The van der Waals surface area contributed by atoms with Gasteiger partial charge in [-0.2, -0.15) is 0 Å². The summed E-state index contributed by atoms with van der Waals surface area (Å²) in [6, 6.07) is 6.79. The van der Waals surface area contributed by atoms with Crippen LogP contribution < -0.4 is 5.32 Å². The first-order valence-electron chi connectivity index (χ1n) is 7.28. The van der Waals surface area contributed by atoms with Crippen molar-refractivity contribution in [1.82, 2.24) is 10.2 Å². The number of sulfone groups is 1. The Morgan fingerprint density at radius 2 is 1.91 bits per heavy atom. The Morgan fingerprint density at radius 1 is 1.23 bits per heavy atom. The first-order chi connectivity index (χ1) is 9.95. The number of hydrogen-bond acceptors (Lipinski definition) is 4. The van der Waals surface area contributed by atoms with Gasteiger partial charge in [-0.15, -0.1) is 12.4 Å². The van der Waals surface area contributed by atoms with Crippen molar-refractivity contribution in [2.45, 2.75) is 23.8 Å². The van der Waals surface area contributed by atoms with Crippen LogP contribution in [0.1, 0.15) is 23.2 Å². The SMILES string of the molecule is CS(=O)(=O)c1ccc(C(=O)N2CCC3NCCC3C2)cc1.Cl. The summed E-state index contributed by atoms with van der Waals surface area (Å²) in [6.07, 6.45) is 3.29. The number of hydrogen-bond donors (Lipinski definition) is 1. The molecular formula is C15H21ClN2O3S. The van der Waals surface area contributed by atoms with Crippen LogP contribution in [0.15, 0.2) is 29.2 Å². The van der Waals surface area contributed by atoms with E-state index in [9.17, 15) is 13.2 Å². The lowest BCUT2D eigenvalue weighted by atomic mass is 9.93. The molecule has 2 unspecified atom stereocenters. The van der Waals surface area contributed by atoms with E-state index in [1.807, 2.05) is 4.90 Å². The van der Waals surface area contributed by atoms with Crippen molar-refractivity contribution in [2.75, 3.05) is 25.9 Å². The molecule has 0 aliphatic carbocycles. The summed E-state index contributed by atoms with van der Waals surface area (Å²) in [4.78, 5) is 14.6. The lowest BCUT2D eigenvalue weighted by Crippen LogP contribution is -2.46. The Balaban J connectivity index is 0.00000176. The Hall–Kier alpha value is -1.11. The van der Waals surface area contributed by atoms with Gasteiger partial charge >= 0.3 is 0 Å². The number of benzene rings is 1. The predicted octanol–water partition coefficient (Wildman–Crippen LogP) is 1.34. The fourth-order valence-electron chi connectivity index (χ4n) is 3.26. The number of nitrogens with one attached hydrogen (secondary N) is 1. The fourth-order valence-corrected chi connectivity index (χ4v) is 3.89. The van der Waals surface area contributed by atoms with Gasteiger partial charge in [-0.05, 0) is 49.6 Å². The van der Waals surface area contributed by atoms with Gasteiger partial charge in [0.1, 0.15) is 0 Å². The zero-order valence-corrected chi connectivity index (χ0v) is 14.1. The van der Waals surface area contributed by atoms with Gasteiger partial charge in [0.05, 0.1) is 4.90 Å². The van der Waals surface area contributed by atoms with Crippen molar-refractivity contribution in [1.29, 1.82) is 0 Å². The molecule has 1 amide bonds. The number of amides is 1. The number of nitrogens with zero attached hydrogens (tertiary/aromatic N) is 1. The van der Waals surface area contributed by atoms with Gasteiger partial charge in [-0.25, -0.2) is 8.42 Å². The van der Waals surface area contributed by atoms with Crippen LogP contribution in [0.5, 0.6) is 0 Å². The van der Waals surface area contributed by atoms with E-state index in [4.69, 9.17) is 0 Å². The molecule has 2 atom stereocenters. The third-order valence-corrected chi connectivity index (χ3v) is 5.60. The van der Waals surface area contributed by atoms with Crippen LogP contribution in [0, 0.1) is 5.92 Å². The highest BCUT2D eigenvalue weighted by atomic mass is 35.5. The van der Waals surface area contributed by atoms with Crippen LogP contribution >= 0.6 is 12.4 Å². The number of halogens is 1. The lowest BCUT2D eigenvalue weighted by Gasteiger charge is -2.34. The second-order valence-corrected chi connectivity index (χ2v) is 7.96. The third kappa shape index (κ3) is 3.45. The highest BCUT2D eigenvalue weighted by molar-refractivity contribution is 7.90. The third-order valence-electron chi connectivity index (χ3n) is 4.47. The molecule has 0 radical (unpaired) electrons. The summed E-state index contributed by atoms with van der Waals surface area (Å²) < 4.78 is 22.9. The first kappa shape index (κ1) is 17.2. The standard InChI is InChI=1S/C15H20N2O3S.ClH/c1-21(19,20)13-4-2-11(3-5-13)15(18)17-9-7-14-12(10-17)6-8-16-14;/h2-5,12,14,16H,6-10H2,1H3;1H. The summed E-state index contributed by atoms with van der Waals surface area (Å²) in [5, 5.41) is 3.48. The van der Waals surface area contributed by atoms with Crippen LogP contribution in [-0.4, -0.2) is 51.2 Å². The summed E-state index contributed by atoms with van der Waals surface area (Å²) in [5.41, 5.74) is 0.562. The molecule has 7 heteroatoms.